The smallest absolute Gasteiger partial charge is 0.243 e. The molecule has 0 aromatic carbocycles. The molecule has 0 radical (unpaired) electrons. The highest BCUT2D eigenvalue weighted by Crippen LogP contribution is 2.11. The third kappa shape index (κ3) is 2.68. The number of rotatable bonds is 4. The standard InChI is InChI=1S/C12H13ClN6/c1-9-6-15-18(7-9)5-4-14-12-16-11-3-2-10(13)8-19(11)17-12/h2-3,6-8H,4-5H2,1H3,(H,14,17). The Bertz CT molecular complexity index is 701. The van der Waals surface area contributed by atoms with E-state index in [2.05, 4.69) is 20.5 Å². The van der Waals surface area contributed by atoms with Gasteiger partial charge >= 0.3 is 0 Å². The largest absolute Gasteiger partial charge is 0.351 e. The van der Waals surface area contributed by atoms with Crippen LogP contribution in [0.5, 0.6) is 0 Å². The van der Waals surface area contributed by atoms with E-state index in [9.17, 15) is 0 Å². The first-order valence-corrected chi connectivity index (χ1v) is 6.33. The number of anilines is 1. The van der Waals surface area contributed by atoms with Gasteiger partial charge < -0.3 is 5.32 Å². The minimum absolute atomic E-state index is 0.589. The molecule has 0 bridgehead atoms. The van der Waals surface area contributed by atoms with Crippen molar-refractivity contribution in [1.29, 1.82) is 0 Å². The molecule has 3 rings (SSSR count). The van der Waals surface area contributed by atoms with Crippen molar-refractivity contribution in [1.82, 2.24) is 24.4 Å². The summed E-state index contributed by atoms with van der Waals surface area (Å²) in [5.74, 6) is 0.589. The van der Waals surface area contributed by atoms with Gasteiger partial charge in [0.05, 0.1) is 17.8 Å². The van der Waals surface area contributed by atoms with Crippen molar-refractivity contribution in [2.45, 2.75) is 13.5 Å². The highest BCUT2D eigenvalue weighted by Gasteiger charge is 2.03. The molecule has 0 aliphatic carbocycles. The lowest BCUT2D eigenvalue weighted by molar-refractivity contribution is 0.635. The quantitative estimate of drug-likeness (QED) is 0.792. The predicted molar refractivity (Wildman–Crippen MR) is 73.5 cm³/mol. The molecule has 0 saturated heterocycles. The van der Waals surface area contributed by atoms with Crippen LogP contribution in [0.3, 0.4) is 0 Å². The molecule has 0 spiro atoms. The maximum atomic E-state index is 5.89. The van der Waals surface area contributed by atoms with E-state index in [1.54, 1.807) is 16.8 Å². The van der Waals surface area contributed by atoms with Gasteiger partial charge in [-0.3, -0.25) is 4.68 Å². The summed E-state index contributed by atoms with van der Waals surface area (Å²) in [7, 11) is 0. The van der Waals surface area contributed by atoms with Crippen LogP contribution in [0.15, 0.2) is 30.7 Å². The molecule has 0 saturated carbocycles. The van der Waals surface area contributed by atoms with Crippen LogP contribution in [0.2, 0.25) is 5.02 Å². The SMILES string of the molecule is Cc1cnn(CCNc2nc3ccc(Cl)cn3n2)c1. The normalized spacial score (nSPS) is 11.1. The summed E-state index contributed by atoms with van der Waals surface area (Å²) in [5.41, 5.74) is 1.92. The van der Waals surface area contributed by atoms with Gasteiger partial charge in [0.25, 0.3) is 0 Å². The molecule has 3 heterocycles. The summed E-state index contributed by atoms with van der Waals surface area (Å²) >= 11 is 5.89. The molecule has 0 amide bonds. The maximum absolute atomic E-state index is 5.89. The van der Waals surface area contributed by atoms with Gasteiger partial charge in [0.15, 0.2) is 5.65 Å². The fraction of sp³-hybridized carbons (Fsp3) is 0.250. The summed E-state index contributed by atoms with van der Waals surface area (Å²) in [6.07, 6.45) is 5.57. The molecule has 98 valence electrons. The lowest BCUT2D eigenvalue weighted by Gasteiger charge is -2.01. The number of nitrogens with zero attached hydrogens (tertiary/aromatic N) is 5. The fourth-order valence-corrected chi connectivity index (χ4v) is 1.96. The van der Waals surface area contributed by atoms with Gasteiger partial charge in [-0.05, 0) is 24.6 Å². The van der Waals surface area contributed by atoms with Gasteiger partial charge in [-0.2, -0.15) is 10.1 Å². The predicted octanol–water partition coefficient (Wildman–Crippen LogP) is 2.00. The molecular formula is C12H13ClN6. The van der Waals surface area contributed by atoms with Crippen LogP contribution in [-0.4, -0.2) is 30.9 Å². The van der Waals surface area contributed by atoms with Crippen LogP contribution in [0, 0.1) is 6.92 Å². The number of halogens is 1. The van der Waals surface area contributed by atoms with E-state index in [0.29, 0.717) is 17.5 Å². The highest BCUT2D eigenvalue weighted by atomic mass is 35.5. The molecule has 7 heteroatoms. The van der Waals surface area contributed by atoms with Gasteiger partial charge in [-0.1, -0.05) is 11.6 Å². The fourth-order valence-electron chi connectivity index (χ4n) is 1.80. The average Bonchev–Trinajstić information content (AvgIpc) is 2.95. The molecule has 19 heavy (non-hydrogen) atoms. The van der Waals surface area contributed by atoms with Crippen molar-refractivity contribution in [2.24, 2.45) is 0 Å². The third-order valence-corrected chi connectivity index (χ3v) is 2.90. The van der Waals surface area contributed by atoms with Crippen molar-refractivity contribution < 1.29 is 0 Å². The van der Waals surface area contributed by atoms with E-state index in [0.717, 1.165) is 17.8 Å². The van der Waals surface area contributed by atoms with Crippen molar-refractivity contribution in [3.8, 4) is 0 Å². The second kappa shape index (κ2) is 4.89. The number of hydrogen-bond donors (Lipinski definition) is 1. The molecule has 3 aromatic heterocycles. The Hall–Kier alpha value is -2.08. The van der Waals surface area contributed by atoms with E-state index in [4.69, 9.17) is 11.6 Å². The van der Waals surface area contributed by atoms with Crippen LogP contribution in [0.4, 0.5) is 5.95 Å². The number of nitrogens with one attached hydrogen (secondary N) is 1. The summed E-state index contributed by atoms with van der Waals surface area (Å²) in [4.78, 5) is 4.34. The monoisotopic (exact) mass is 276 g/mol. The Morgan fingerprint density at radius 2 is 2.21 bits per heavy atom. The lowest BCUT2D eigenvalue weighted by Crippen LogP contribution is -2.11. The van der Waals surface area contributed by atoms with Gasteiger partial charge in [-0.15, -0.1) is 5.10 Å². The Balaban J connectivity index is 1.65. The topological polar surface area (TPSA) is 60.0 Å². The van der Waals surface area contributed by atoms with Crippen LogP contribution in [0.1, 0.15) is 5.56 Å². The summed E-state index contributed by atoms with van der Waals surface area (Å²) in [5, 5.41) is 12.3. The van der Waals surface area contributed by atoms with Gasteiger partial charge in [0.1, 0.15) is 0 Å². The van der Waals surface area contributed by atoms with E-state index < -0.39 is 0 Å². The highest BCUT2D eigenvalue weighted by molar-refractivity contribution is 6.30. The molecule has 0 fully saturated rings. The second-order valence-corrected chi connectivity index (χ2v) is 4.73. The molecule has 0 aliphatic heterocycles. The molecular weight excluding hydrogens is 264 g/mol. The molecule has 1 N–H and O–H groups in total. The van der Waals surface area contributed by atoms with Crippen LogP contribution < -0.4 is 5.32 Å². The van der Waals surface area contributed by atoms with Crippen molar-refractivity contribution in [3.63, 3.8) is 0 Å². The number of aromatic nitrogens is 5. The molecule has 0 unspecified atom stereocenters. The van der Waals surface area contributed by atoms with Crippen LogP contribution in [-0.2, 0) is 6.54 Å². The summed E-state index contributed by atoms with van der Waals surface area (Å²) in [6.45, 7) is 3.50. The zero-order valence-corrected chi connectivity index (χ0v) is 11.2. The van der Waals surface area contributed by atoms with E-state index >= 15 is 0 Å². The first kappa shape index (κ1) is 12.0. The Kier molecular flexibility index (Phi) is 3.08. The first-order valence-electron chi connectivity index (χ1n) is 5.95. The van der Waals surface area contributed by atoms with Gasteiger partial charge in [-0.25, -0.2) is 4.52 Å². The zero-order chi connectivity index (χ0) is 13.2. The average molecular weight is 277 g/mol. The van der Waals surface area contributed by atoms with Crippen LogP contribution >= 0.6 is 11.6 Å². The summed E-state index contributed by atoms with van der Waals surface area (Å²) in [6, 6.07) is 3.62. The Morgan fingerprint density at radius 3 is 3.00 bits per heavy atom. The Labute approximate surface area is 115 Å². The first-order chi connectivity index (χ1) is 9.20. The molecule has 6 nitrogen and oxygen atoms in total. The minimum atomic E-state index is 0.589. The van der Waals surface area contributed by atoms with Crippen molar-refractivity contribution in [2.75, 3.05) is 11.9 Å². The van der Waals surface area contributed by atoms with E-state index in [1.807, 2.05) is 30.1 Å². The number of pyridine rings is 1. The van der Waals surface area contributed by atoms with Crippen molar-refractivity contribution in [3.05, 3.63) is 41.3 Å². The second-order valence-electron chi connectivity index (χ2n) is 4.29. The maximum Gasteiger partial charge on any atom is 0.243 e. The number of hydrogen-bond acceptors (Lipinski definition) is 4. The molecule has 0 aliphatic rings. The zero-order valence-electron chi connectivity index (χ0n) is 10.4. The van der Waals surface area contributed by atoms with E-state index in [1.165, 1.54) is 0 Å². The minimum Gasteiger partial charge on any atom is -0.351 e. The van der Waals surface area contributed by atoms with Crippen molar-refractivity contribution >= 4 is 23.2 Å². The summed E-state index contributed by atoms with van der Waals surface area (Å²) < 4.78 is 3.54. The third-order valence-electron chi connectivity index (χ3n) is 2.68. The van der Waals surface area contributed by atoms with Gasteiger partial charge in [0.2, 0.25) is 5.95 Å². The van der Waals surface area contributed by atoms with Crippen LogP contribution in [0.25, 0.3) is 5.65 Å². The number of aryl methyl sites for hydroxylation is 1. The Morgan fingerprint density at radius 1 is 1.32 bits per heavy atom. The number of fused-ring (bicyclic) bond motifs is 1. The molecule has 3 aromatic rings. The molecule has 0 atom stereocenters. The lowest BCUT2D eigenvalue weighted by atomic mass is 10.4. The van der Waals surface area contributed by atoms with E-state index in [-0.39, 0.29) is 0 Å². The van der Waals surface area contributed by atoms with Gasteiger partial charge in [0, 0.05) is 18.9 Å².